The minimum atomic E-state index is 0.0517. The lowest BCUT2D eigenvalue weighted by molar-refractivity contribution is 0.101. The molecule has 110 valence electrons. The molecule has 1 fully saturated rings. The maximum atomic E-state index is 11.5. The Morgan fingerprint density at radius 2 is 2.25 bits per heavy atom. The van der Waals surface area contributed by atoms with E-state index in [-0.39, 0.29) is 5.78 Å². The van der Waals surface area contributed by atoms with Crippen molar-refractivity contribution in [1.29, 1.82) is 0 Å². The van der Waals surface area contributed by atoms with Crippen LogP contribution < -0.4 is 10.1 Å². The molecule has 1 aromatic rings. The van der Waals surface area contributed by atoms with Gasteiger partial charge in [-0.2, -0.15) is 0 Å². The van der Waals surface area contributed by atoms with Crippen LogP contribution in [0, 0.1) is 5.92 Å². The number of ketones is 1. The van der Waals surface area contributed by atoms with Crippen LogP contribution in [0.2, 0.25) is 0 Å². The van der Waals surface area contributed by atoms with Crippen LogP contribution in [0.4, 0.5) is 0 Å². The number of rotatable bonds is 7. The van der Waals surface area contributed by atoms with Crippen LogP contribution >= 0.6 is 0 Å². The Labute approximate surface area is 121 Å². The maximum Gasteiger partial charge on any atom is 0.163 e. The highest BCUT2D eigenvalue weighted by Gasteiger charge is 2.21. The van der Waals surface area contributed by atoms with Gasteiger partial charge < -0.3 is 10.1 Å². The third-order valence-corrected chi connectivity index (χ3v) is 3.79. The minimum Gasteiger partial charge on any atom is -0.491 e. The van der Waals surface area contributed by atoms with Crippen molar-refractivity contribution in [1.82, 2.24) is 10.2 Å². The van der Waals surface area contributed by atoms with Crippen LogP contribution in [0.15, 0.2) is 24.3 Å². The highest BCUT2D eigenvalue weighted by atomic mass is 16.5. The van der Waals surface area contributed by atoms with Crippen molar-refractivity contribution < 1.29 is 9.53 Å². The number of para-hydroxylation sites is 1. The lowest BCUT2D eigenvalue weighted by Crippen LogP contribution is -2.28. The molecule has 0 bridgehead atoms. The third-order valence-electron chi connectivity index (χ3n) is 3.79. The van der Waals surface area contributed by atoms with Gasteiger partial charge in [0.25, 0.3) is 0 Å². The summed E-state index contributed by atoms with van der Waals surface area (Å²) in [7, 11) is 2.00. The van der Waals surface area contributed by atoms with Gasteiger partial charge >= 0.3 is 0 Å². The topological polar surface area (TPSA) is 41.6 Å². The Balaban J connectivity index is 1.78. The van der Waals surface area contributed by atoms with Crippen LogP contribution in [0.5, 0.6) is 5.75 Å². The number of benzene rings is 1. The van der Waals surface area contributed by atoms with Crippen LogP contribution in [0.1, 0.15) is 23.7 Å². The number of Topliss-reactive ketones (excluding diaryl/α,β-unsaturated/α-hetero) is 1. The second-order valence-corrected chi connectivity index (χ2v) is 5.41. The number of hydrogen-bond donors (Lipinski definition) is 1. The van der Waals surface area contributed by atoms with Gasteiger partial charge in [0.15, 0.2) is 5.78 Å². The van der Waals surface area contributed by atoms with Crippen LogP contribution in [0.25, 0.3) is 0 Å². The molecule has 0 radical (unpaired) electrons. The fourth-order valence-corrected chi connectivity index (χ4v) is 2.74. The highest BCUT2D eigenvalue weighted by Crippen LogP contribution is 2.19. The number of likely N-dealkylation sites (tertiary alicyclic amines) is 1. The van der Waals surface area contributed by atoms with Crippen LogP contribution in [-0.4, -0.2) is 50.5 Å². The van der Waals surface area contributed by atoms with E-state index in [4.69, 9.17) is 4.74 Å². The van der Waals surface area contributed by atoms with E-state index in [2.05, 4.69) is 10.2 Å². The second kappa shape index (κ2) is 7.41. The molecule has 2 rings (SSSR count). The molecular formula is C16H24N2O2. The number of carbonyl (C=O) groups excluding carboxylic acids is 1. The summed E-state index contributed by atoms with van der Waals surface area (Å²) >= 11 is 0. The Bertz CT molecular complexity index is 448. The number of carbonyl (C=O) groups is 1. The van der Waals surface area contributed by atoms with Gasteiger partial charge in [-0.1, -0.05) is 12.1 Å². The first kappa shape index (κ1) is 15.0. The van der Waals surface area contributed by atoms with Gasteiger partial charge in [-0.3, -0.25) is 9.69 Å². The average molecular weight is 276 g/mol. The standard InChI is InChI=1S/C16H24N2O2/c1-13(19)15-5-3-4-6-16(15)20-10-9-18-8-7-14(12-18)11-17-2/h3-6,14,17H,7-12H2,1-2H3. The van der Waals surface area contributed by atoms with E-state index in [0.717, 1.165) is 32.1 Å². The molecule has 1 aliphatic rings. The van der Waals surface area contributed by atoms with E-state index in [1.54, 1.807) is 6.92 Å². The Hall–Kier alpha value is -1.39. The molecular weight excluding hydrogens is 252 g/mol. The fourth-order valence-electron chi connectivity index (χ4n) is 2.74. The van der Waals surface area contributed by atoms with Gasteiger partial charge in [0.2, 0.25) is 0 Å². The monoisotopic (exact) mass is 276 g/mol. The number of nitrogens with one attached hydrogen (secondary N) is 1. The van der Waals surface area contributed by atoms with Gasteiger partial charge in [-0.15, -0.1) is 0 Å². The summed E-state index contributed by atoms with van der Waals surface area (Å²) in [5.74, 6) is 1.51. The molecule has 1 N–H and O–H groups in total. The molecule has 4 nitrogen and oxygen atoms in total. The predicted molar refractivity (Wildman–Crippen MR) is 80.4 cm³/mol. The van der Waals surface area contributed by atoms with E-state index >= 15 is 0 Å². The largest absolute Gasteiger partial charge is 0.491 e. The van der Waals surface area contributed by atoms with Crippen molar-refractivity contribution in [3.63, 3.8) is 0 Å². The lowest BCUT2D eigenvalue weighted by Gasteiger charge is -2.17. The summed E-state index contributed by atoms with van der Waals surface area (Å²) in [6.45, 7) is 6.50. The molecule has 1 saturated heterocycles. The molecule has 20 heavy (non-hydrogen) atoms. The first-order chi connectivity index (χ1) is 9.70. The molecule has 0 saturated carbocycles. The SMILES string of the molecule is CNCC1CCN(CCOc2ccccc2C(C)=O)C1. The molecule has 1 heterocycles. The summed E-state index contributed by atoms with van der Waals surface area (Å²) in [6.07, 6.45) is 1.25. The second-order valence-electron chi connectivity index (χ2n) is 5.41. The summed E-state index contributed by atoms with van der Waals surface area (Å²) in [6, 6.07) is 7.45. The molecule has 1 atom stereocenters. The Morgan fingerprint density at radius 1 is 1.45 bits per heavy atom. The normalized spacial score (nSPS) is 19.2. The smallest absolute Gasteiger partial charge is 0.163 e. The van der Waals surface area contributed by atoms with Crippen molar-refractivity contribution in [2.24, 2.45) is 5.92 Å². The zero-order chi connectivity index (χ0) is 14.4. The van der Waals surface area contributed by atoms with Crippen molar-refractivity contribution in [3.05, 3.63) is 29.8 Å². The van der Waals surface area contributed by atoms with E-state index in [9.17, 15) is 4.79 Å². The number of hydrogen-bond acceptors (Lipinski definition) is 4. The lowest BCUT2D eigenvalue weighted by atomic mass is 10.1. The molecule has 1 unspecified atom stereocenters. The van der Waals surface area contributed by atoms with Gasteiger partial charge in [-0.05, 0) is 51.5 Å². The fraction of sp³-hybridized carbons (Fsp3) is 0.562. The molecule has 1 aliphatic heterocycles. The molecule has 0 aromatic heterocycles. The number of ether oxygens (including phenoxy) is 1. The van der Waals surface area contributed by atoms with Crippen molar-refractivity contribution >= 4 is 5.78 Å². The molecule has 0 amide bonds. The average Bonchev–Trinajstić information content (AvgIpc) is 2.87. The first-order valence-electron chi connectivity index (χ1n) is 7.30. The van der Waals surface area contributed by atoms with Crippen molar-refractivity contribution in [2.45, 2.75) is 13.3 Å². The quantitative estimate of drug-likeness (QED) is 0.771. The molecule has 4 heteroatoms. The molecule has 1 aromatic carbocycles. The first-order valence-corrected chi connectivity index (χ1v) is 7.30. The summed E-state index contributed by atoms with van der Waals surface area (Å²) < 4.78 is 5.78. The highest BCUT2D eigenvalue weighted by molar-refractivity contribution is 5.96. The molecule has 0 spiro atoms. The maximum absolute atomic E-state index is 11.5. The van der Waals surface area contributed by atoms with Gasteiger partial charge in [0.05, 0.1) is 5.56 Å². The summed E-state index contributed by atoms with van der Waals surface area (Å²) in [4.78, 5) is 13.9. The van der Waals surface area contributed by atoms with Gasteiger partial charge in [-0.25, -0.2) is 0 Å². The Morgan fingerprint density at radius 3 is 3.00 bits per heavy atom. The van der Waals surface area contributed by atoms with E-state index < -0.39 is 0 Å². The predicted octanol–water partition coefficient (Wildman–Crippen LogP) is 1.81. The molecule has 0 aliphatic carbocycles. The van der Waals surface area contributed by atoms with E-state index in [1.165, 1.54) is 6.42 Å². The Kier molecular flexibility index (Phi) is 5.56. The van der Waals surface area contributed by atoms with Gasteiger partial charge in [0, 0.05) is 13.1 Å². The summed E-state index contributed by atoms with van der Waals surface area (Å²) in [5.41, 5.74) is 0.669. The van der Waals surface area contributed by atoms with E-state index in [0.29, 0.717) is 17.9 Å². The third kappa shape index (κ3) is 4.05. The van der Waals surface area contributed by atoms with Gasteiger partial charge in [0.1, 0.15) is 12.4 Å². The minimum absolute atomic E-state index is 0.0517. The van der Waals surface area contributed by atoms with E-state index in [1.807, 2.05) is 31.3 Å². The zero-order valence-corrected chi connectivity index (χ0v) is 12.4. The van der Waals surface area contributed by atoms with Crippen molar-refractivity contribution in [2.75, 3.05) is 39.8 Å². The van der Waals surface area contributed by atoms with Crippen LogP contribution in [-0.2, 0) is 0 Å². The summed E-state index contributed by atoms with van der Waals surface area (Å²) in [5, 5.41) is 3.24. The zero-order valence-electron chi connectivity index (χ0n) is 12.4. The van der Waals surface area contributed by atoms with Crippen molar-refractivity contribution in [3.8, 4) is 5.75 Å². The number of nitrogens with zero attached hydrogens (tertiary/aromatic N) is 1. The van der Waals surface area contributed by atoms with Crippen LogP contribution in [0.3, 0.4) is 0 Å².